The highest BCUT2D eigenvalue weighted by Gasteiger charge is 2.28. The molecule has 0 aromatic carbocycles. The molecule has 0 bridgehead atoms. The van der Waals surface area contributed by atoms with E-state index in [1.807, 2.05) is 0 Å². The maximum Gasteiger partial charge on any atom is 0.408 e. The van der Waals surface area contributed by atoms with Crippen molar-refractivity contribution >= 4 is 25.0 Å². The minimum atomic E-state index is -3.46. The van der Waals surface area contributed by atoms with Crippen molar-refractivity contribution in [3.8, 4) is 0 Å². The Morgan fingerprint density at radius 3 is 2.22 bits per heavy atom. The van der Waals surface area contributed by atoms with Gasteiger partial charge in [0.2, 0.25) is 0 Å². The predicted octanol–water partition coefficient (Wildman–Crippen LogP) is 2.49. The van der Waals surface area contributed by atoms with Crippen molar-refractivity contribution < 1.29 is 33.0 Å². The first-order chi connectivity index (χ1) is 12.5. The fourth-order valence-corrected chi connectivity index (χ4v) is 3.59. The lowest BCUT2D eigenvalue weighted by Crippen LogP contribution is -2.44. The summed E-state index contributed by atoms with van der Waals surface area (Å²) in [6.45, 7) is 8.85. The monoisotopic (exact) mass is 402 g/mol. The number of amides is 1. The lowest BCUT2D eigenvalue weighted by molar-refractivity contribution is -0.139. The molecule has 0 spiro atoms. The normalized spacial score (nSPS) is 13.1. The summed E-state index contributed by atoms with van der Waals surface area (Å²) in [5.74, 6) is -1.22. The van der Waals surface area contributed by atoms with E-state index >= 15 is 0 Å². The van der Waals surface area contributed by atoms with Gasteiger partial charge in [0.15, 0.2) is 0 Å². The Morgan fingerprint density at radius 1 is 1.22 bits per heavy atom. The molecule has 0 aliphatic carbocycles. The van der Waals surface area contributed by atoms with E-state index in [4.69, 9.17) is 13.8 Å². The number of nitrogens with zero attached hydrogens (tertiary/aromatic N) is 1. The quantitative estimate of drug-likeness (QED) is 0.604. The maximum absolute atomic E-state index is 12.7. The largest absolute Gasteiger partial charge is 0.480 e. The molecule has 0 radical (unpaired) electrons. The van der Waals surface area contributed by atoms with Gasteiger partial charge in [-0.3, -0.25) is 9.55 Å². The van der Waals surface area contributed by atoms with Crippen LogP contribution in [-0.4, -0.2) is 47.0 Å². The molecule has 10 heteroatoms. The number of hydrogen-bond acceptors (Lipinski definition) is 7. The van der Waals surface area contributed by atoms with Crippen LogP contribution in [0.4, 0.5) is 4.79 Å². The fraction of sp³-hybridized carbons (Fsp3) is 0.588. The maximum atomic E-state index is 12.7. The van der Waals surface area contributed by atoms with Crippen LogP contribution in [0.1, 0.15) is 40.3 Å². The van der Waals surface area contributed by atoms with Crippen LogP contribution >= 0.6 is 7.60 Å². The van der Waals surface area contributed by atoms with E-state index in [9.17, 15) is 19.3 Å². The molecule has 0 fully saturated rings. The number of rotatable bonds is 9. The first-order valence-corrected chi connectivity index (χ1v) is 10.1. The van der Waals surface area contributed by atoms with E-state index in [0.717, 1.165) is 0 Å². The Kier molecular flexibility index (Phi) is 8.40. The van der Waals surface area contributed by atoms with Gasteiger partial charge in [-0.05, 0) is 46.8 Å². The summed E-state index contributed by atoms with van der Waals surface area (Å²) in [5, 5.41) is 11.9. The average Bonchev–Trinajstić information content (AvgIpc) is 2.53. The highest BCUT2D eigenvalue weighted by atomic mass is 31.2. The topological polar surface area (TPSA) is 124 Å². The second-order valence-corrected chi connectivity index (χ2v) is 8.61. The van der Waals surface area contributed by atoms with Crippen LogP contribution in [0.3, 0.4) is 0 Å². The molecular formula is C17H27N2O7P. The van der Waals surface area contributed by atoms with Crippen molar-refractivity contribution in [3.63, 3.8) is 0 Å². The SMILES string of the molecule is CCOP(=O)(OCC)c1ccc(C[C@H](NC(=O)OC(C)(C)C)C(=O)O)nc1. The van der Waals surface area contributed by atoms with Gasteiger partial charge in [-0.1, -0.05) is 0 Å². The highest BCUT2D eigenvalue weighted by molar-refractivity contribution is 7.62. The fourth-order valence-electron chi connectivity index (χ4n) is 2.08. The van der Waals surface area contributed by atoms with Crippen LogP contribution in [-0.2, 0) is 29.6 Å². The number of alkyl carbamates (subject to hydrolysis) is 1. The van der Waals surface area contributed by atoms with Gasteiger partial charge >= 0.3 is 19.7 Å². The summed E-state index contributed by atoms with van der Waals surface area (Å²) >= 11 is 0. The molecule has 2 N–H and O–H groups in total. The van der Waals surface area contributed by atoms with Gasteiger partial charge in [-0.25, -0.2) is 9.59 Å². The molecule has 1 rings (SSSR count). The molecule has 0 saturated carbocycles. The number of hydrogen-bond donors (Lipinski definition) is 2. The van der Waals surface area contributed by atoms with Crippen LogP contribution in [0.5, 0.6) is 0 Å². The van der Waals surface area contributed by atoms with E-state index in [1.165, 1.54) is 18.3 Å². The first-order valence-electron chi connectivity index (χ1n) is 8.57. The van der Waals surface area contributed by atoms with Crippen LogP contribution in [0.25, 0.3) is 0 Å². The molecule has 1 atom stereocenters. The Balaban J connectivity index is 2.88. The summed E-state index contributed by atoms with van der Waals surface area (Å²) in [6.07, 6.45) is 0.430. The molecule has 152 valence electrons. The standard InChI is InChI=1S/C17H27N2O7P/c1-6-24-27(23,25-7-2)13-9-8-12(18-11-13)10-14(15(20)21)19-16(22)26-17(3,4)5/h8-9,11,14H,6-7,10H2,1-5H3,(H,19,22)(H,20,21)/t14-/m0/s1. The number of ether oxygens (including phenoxy) is 1. The molecule has 9 nitrogen and oxygen atoms in total. The van der Waals surface area contributed by atoms with Crippen molar-refractivity contribution in [2.75, 3.05) is 13.2 Å². The van der Waals surface area contributed by atoms with Crippen molar-refractivity contribution in [2.24, 2.45) is 0 Å². The van der Waals surface area contributed by atoms with Gasteiger partial charge < -0.3 is 24.2 Å². The number of aliphatic carboxylic acids is 1. The Bertz CT molecular complexity index is 676. The summed E-state index contributed by atoms with van der Waals surface area (Å²) in [5.41, 5.74) is -0.353. The molecule has 0 aliphatic rings. The first kappa shape index (κ1) is 23.1. The van der Waals surface area contributed by atoms with E-state index in [2.05, 4.69) is 10.3 Å². The third-order valence-corrected chi connectivity index (χ3v) is 5.22. The minimum absolute atomic E-state index is 0.0670. The molecule has 27 heavy (non-hydrogen) atoms. The Hall–Kier alpha value is -1.96. The lowest BCUT2D eigenvalue weighted by atomic mass is 10.1. The predicted molar refractivity (Wildman–Crippen MR) is 99.2 cm³/mol. The Morgan fingerprint density at radius 2 is 1.81 bits per heavy atom. The van der Waals surface area contributed by atoms with Crippen molar-refractivity contribution in [1.82, 2.24) is 10.3 Å². The van der Waals surface area contributed by atoms with E-state index in [-0.39, 0.29) is 24.9 Å². The molecule has 1 amide bonds. The zero-order valence-corrected chi connectivity index (χ0v) is 17.1. The zero-order valence-electron chi connectivity index (χ0n) is 16.2. The third kappa shape index (κ3) is 7.66. The Labute approximate surface area is 159 Å². The third-order valence-electron chi connectivity index (χ3n) is 3.13. The molecule has 0 unspecified atom stereocenters. The number of carbonyl (C=O) groups is 2. The number of pyridine rings is 1. The van der Waals surface area contributed by atoms with Gasteiger partial charge in [-0.2, -0.15) is 0 Å². The van der Waals surface area contributed by atoms with E-state index in [0.29, 0.717) is 5.69 Å². The number of carbonyl (C=O) groups excluding carboxylic acids is 1. The molecule has 1 aromatic heterocycles. The van der Waals surface area contributed by atoms with Gasteiger partial charge in [0.05, 0.1) is 18.5 Å². The molecule has 1 aromatic rings. The van der Waals surface area contributed by atoms with E-state index in [1.54, 1.807) is 34.6 Å². The van der Waals surface area contributed by atoms with E-state index < -0.39 is 31.3 Å². The number of nitrogens with one attached hydrogen (secondary N) is 1. The van der Waals surface area contributed by atoms with Crippen molar-refractivity contribution in [1.29, 1.82) is 0 Å². The van der Waals surface area contributed by atoms with Crippen molar-refractivity contribution in [2.45, 2.75) is 52.7 Å². The van der Waals surface area contributed by atoms with Gasteiger partial charge in [-0.15, -0.1) is 0 Å². The minimum Gasteiger partial charge on any atom is -0.480 e. The second-order valence-electron chi connectivity index (χ2n) is 6.58. The smallest absolute Gasteiger partial charge is 0.408 e. The van der Waals surface area contributed by atoms with Crippen LogP contribution in [0.2, 0.25) is 0 Å². The number of carboxylic acids is 1. The van der Waals surface area contributed by atoms with Gasteiger partial charge in [0.25, 0.3) is 0 Å². The summed E-state index contributed by atoms with van der Waals surface area (Å²) in [6, 6.07) is 1.82. The lowest BCUT2D eigenvalue weighted by Gasteiger charge is -2.22. The summed E-state index contributed by atoms with van der Waals surface area (Å²) < 4.78 is 28.2. The number of aromatic nitrogens is 1. The summed E-state index contributed by atoms with van der Waals surface area (Å²) in [4.78, 5) is 27.4. The molecule has 1 heterocycles. The zero-order chi connectivity index (χ0) is 20.7. The highest BCUT2D eigenvalue weighted by Crippen LogP contribution is 2.46. The molecule has 0 saturated heterocycles. The van der Waals surface area contributed by atoms with Crippen LogP contribution in [0.15, 0.2) is 18.3 Å². The van der Waals surface area contributed by atoms with Crippen molar-refractivity contribution in [3.05, 3.63) is 24.0 Å². The van der Waals surface area contributed by atoms with Gasteiger partial charge in [0.1, 0.15) is 11.6 Å². The molecule has 0 aliphatic heterocycles. The second kappa shape index (κ2) is 9.82. The average molecular weight is 402 g/mol. The van der Waals surface area contributed by atoms with Gasteiger partial charge in [0, 0.05) is 18.3 Å². The van der Waals surface area contributed by atoms with Crippen LogP contribution < -0.4 is 10.6 Å². The molecular weight excluding hydrogens is 375 g/mol. The summed E-state index contributed by atoms with van der Waals surface area (Å²) in [7, 11) is -3.46. The number of carboxylic acid groups (broad SMARTS) is 1. The van der Waals surface area contributed by atoms with Crippen LogP contribution in [0, 0.1) is 0 Å².